The summed E-state index contributed by atoms with van der Waals surface area (Å²) in [7, 11) is -3.80. The van der Waals surface area contributed by atoms with Crippen molar-refractivity contribution in [2.45, 2.75) is 13.0 Å². The molecule has 0 aliphatic rings. The SMILES string of the molecule is CCNS(=O)(=O)N[C@@H](C(=O)O)c1ccccc1. The summed E-state index contributed by atoms with van der Waals surface area (Å²) in [6.45, 7) is 1.80. The Morgan fingerprint density at radius 2 is 1.94 bits per heavy atom. The highest BCUT2D eigenvalue weighted by molar-refractivity contribution is 7.87. The van der Waals surface area contributed by atoms with E-state index in [1.165, 1.54) is 0 Å². The Hall–Kier alpha value is -1.44. The molecule has 94 valence electrons. The summed E-state index contributed by atoms with van der Waals surface area (Å²) in [5, 5.41) is 9.00. The third-order valence-electron chi connectivity index (χ3n) is 1.99. The molecule has 7 heteroatoms. The molecule has 3 N–H and O–H groups in total. The number of carboxylic acid groups (broad SMARTS) is 1. The van der Waals surface area contributed by atoms with Gasteiger partial charge in [-0.3, -0.25) is 4.79 Å². The van der Waals surface area contributed by atoms with E-state index in [9.17, 15) is 13.2 Å². The molecule has 1 rings (SSSR count). The fourth-order valence-electron chi connectivity index (χ4n) is 1.29. The molecule has 0 aliphatic heterocycles. The van der Waals surface area contributed by atoms with Gasteiger partial charge in [0.05, 0.1) is 0 Å². The molecule has 0 heterocycles. The smallest absolute Gasteiger partial charge is 0.326 e. The van der Waals surface area contributed by atoms with Crippen molar-refractivity contribution in [3.63, 3.8) is 0 Å². The van der Waals surface area contributed by atoms with Gasteiger partial charge in [0.15, 0.2) is 0 Å². The molecule has 6 nitrogen and oxygen atoms in total. The number of carbonyl (C=O) groups is 1. The van der Waals surface area contributed by atoms with Gasteiger partial charge in [-0.1, -0.05) is 37.3 Å². The van der Waals surface area contributed by atoms with Crippen LogP contribution < -0.4 is 9.44 Å². The van der Waals surface area contributed by atoms with Crippen LogP contribution in [-0.4, -0.2) is 26.0 Å². The number of hydrogen-bond donors (Lipinski definition) is 3. The Morgan fingerprint density at radius 3 is 2.41 bits per heavy atom. The summed E-state index contributed by atoms with van der Waals surface area (Å²) in [4.78, 5) is 11.0. The first-order valence-corrected chi connectivity index (χ1v) is 6.49. The lowest BCUT2D eigenvalue weighted by Gasteiger charge is -2.14. The highest BCUT2D eigenvalue weighted by atomic mass is 32.2. The third-order valence-corrected chi connectivity index (χ3v) is 3.20. The van der Waals surface area contributed by atoms with Crippen LogP contribution in [-0.2, 0) is 15.0 Å². The van der Waals surface area contributed by atoms with Crippen LogP contribution in [0.4, 0.5) is 0 Å². The molecule has 0 spiro atoms. The van der Waals surface area contributed by atoms with E-state index >= 15 is 0 Å². The van der Waals surface area contributed by atoms with Crippen LogP contribution in [0.3, 0.4) is 0 Å². The highest BCUT2D eigenvalue weighted by Crippen LogP contribution is 2.13. The minimum Gasteiger partial charge on any atom is -0.480 e. The van der Waals surface area contributed by atoms with E-state index in [-0.39, 0.29) is 6.54 Å². The van der Waals surface area contributed by atoms with Gasteiger partial charge < -0.3 is 5.11 Å². The van der Waals surface area contributed by atoms with Crippen molar-refractivity contribution in [2.75, 3.05) is 6.54 Å². The first-order chi connectivity index (χ1) is 7.96. The van der Waals surface area contributed by atoms with Gasteiger partial charge in [0.25, 0.3) is 10.2 Å². The van der Waals surface area contributed by atoms with Gasteiger partial charge in [-0.2, -0.15) is 13.1 Å². The second-order valence-electron chi connectivity index (χ2n) is 3.30. The van der Waals surface area contributed by atoms with Crippen LogP contribution >= 0.6 is 0 Å². The molecule has 17 heavy (non-hydrogen) atoms. The monoisotopic (exact) mass is 258 g/mol. The standard InChI is InChI=1S/C10H14N2O4S/c1-2-11-17(15,16)12-9(10(13)14)8-6-4-3-5-7-8/h3-7,9,11-12H,2H2,1H3,(H,13,14)/t9-/m1/s1. The molecule has 0 fully saturated rings. The van der Waals surface area contributed by atoms with Crippen molar-refractivity contribution in [1.82, 2.24) is 9.44 Å². The van der Waals surface area contributed by atoms with Crippen LogP contribution in [0.5, 0.6) is 0 Å². The molecule has 1 aromatic carbocycles. The number of aliphatic carboxylic acids is 1. The van der Waals surface area contributed by atoms with Crippen molar-refractivity contribution >= 4 is 16.2 Å². The lowest BCUT2D eigenvalue weighted by molar-refractivity contribution is -0.139. The van der Waals surface area contributed by atoms with Crippen molar-refractivity contribution in [3.8, 4) is 0 Å². The number of rotatable bonds is 6. The zero-order valence-electron chi connectivity index (χ0n) is 9.25. The molecule has 1 atom stereocenters. The number of carboxylic acids is 1. The summed E-state index contributed by atoms with van der Waals surface area (Å²) in [6, 6.07) is 6.82. The van der Waals surface area contributed by atoms with Crippen LogP contribution in [0.1, 0.15) is 18.5 Å². The summed E-state index contributed by atoms with van der Waals surface area (Å²) >= 11 is 0. The molecule has 0 saturated heterocycles. The van der Waals surface area contributed by atoms with Crippen LogP contribution in [0.25, 0.3) is 0 Å². The van der Waals surface area contributed by atoms with Gasteiger partial charge in [0, 0.05) is 6.54 Å². The molecule has 0 bridgehead atoms. The predicted molar refractivity (Wildman–Crippen MR) is 62.6 cm³/mol. The van der Waals surface area contributed by atoms with Gasteiger partial charge in [-0.15, -0.1) is 0 Å². The van der Waals surface area contributed by atoms with Crippen LogP contribution in [0.15, 0.2) is 30.3 Å². The fraction of sp³-hybridized carbons (Fsp3) is 0.300. The normalized spacial score (nSPS) is 13.2. The molecule has 0 saturated carbocycles. The average Bonchev–Trinajstić information content (AvgIpc) is 2.27. The number of nitrogens with one attached hydrogen (secondary N) is 2. The van der Waals surface area contributed by atoms with Crippen molar-refractivity contribution < 1.29 is 18.3 Å². The van der Waals surface area contributed by atoms with E-state index in [0.29, 0.717) is 5.56 Å². The van der Waals surface area contributed by atoms with Gasteiger partial charge in [0.1, 0.15) is 6.04 Å². The van der Waals surface area contributed by atoms with E-state index in [1.54, 1.807) is 37.3 Å². The summed E-state index contributed by atoms with van der Waals surface area (Å²) in [5.41, 5.74) is 0.376. The van der Waals surface area contributed by atoms with E-state index < -0.39 is 22.2 Å². The molecule has 0 unspecified atom stereocenters. The summed E-state index contributed by atoms with van der Waals surface area (Å²) in [6.07, 6.45) is 0. The van der Waals surface area contributed by atoms with Gasteiger partial charge in [-0.05, 0) is 5.56 Å². The first kappa shape index (κ1) is 13.6. The van der Waals surface area contributed by atoms with Gasteiger partial charge >= 0.3 is 5.97 Å². The van der Waals surface area contributed by atoms with Crippen LogP contribution in [0.2, 0.25) is 0 Å². The Balaban J connectivity index is 2.93. The molecular formula is C10H14N2O4S. The van der Waals surface area contributed by atoms with E-state index in [0.717, 1.165) is 0 Å². The third kappa shape index (κ3) is 4.14. The van der Waals surface area contributed by atoms with E-state index in [1.807, 2.05) is 0 Å². The maximum Gasteiger partial charge on any atom is 0.326 e. The van der Waals surface area contributed by atoms with Crippen LogP contribution in [0, 0.1) is 0 Å². The summed E-state index contributed by atoms with van der Waals surface area (Å²) < 4.78 is 27.1. The molecule has 0 radical (unpaired) electrons. The zero-order chi connectivity index (χ0) is 12.9. The molecule has 0 aliphatic carbocycles. The lowest BCUT2D eigenvalue weighted by atomic mass is 10.1. The highest BCUT2D eigenvalue weighted by Gasteiger charge is 2.24. The Kier molecular flexibility index (Phi) is 4.62. The lowest BCUT2D eigenvalue weighted by Crippen LogP contribution is -2.41. The number of hydrogen-bond acceptors (Lipinski definition) is 3. The quantitative estimate of drug-likeness (QED) is 0.682. The molecular weight excluding hydrogens is 244 g/mol. The minimum absolute atomic E-state index is 0.191. The maximum absolute atomic E-state index is 11.4. The van der Waals surface area contributed by atoms with Crippen molar-refractivity contribution in [3.05, 3.63) is 35.9 Å². The number of benzene rings is 1. The second kappa shape index (κ2) is 5.76. The average molecular weight is 258 g/mol. The molecule has 0 amide bonds. The van der Waals surface area contributed by atoms with Gasteiger partial charge in [-0.25, -0.2) is 4.72 Å². The maximum atomic E-state index is 11.4. The van der Waals surface area contributed by atoms with E-state index in [2.05, 4.69) is 9.44 Å². The fourth-order valence-corrected chi connectivity index (χ4v) is 2.30. The minimum atomic E-state index is -3.80. The van der Waals surface area contributed by atoms with Crippen molar-refractivity contribution in [1.29, 1.82) is 0 Å². The van der Waals surface area contributed by atoms with Gasteiger partial charge in [0.2, 0.25) is 0 Å². The topological polar surface area (TPSA) is 95.5 Å². The predicted octanol–water partition coefficient (Wildman–Crippen LogP) is 0.256. The molecule has 0 aromatic heterocycles. The Morgan fingerprint density at radius 1 is 1.35 bits per heavy atom. The van der Waals surface area contributed by atoms with E-state index in [4.69, 9.17) is 5.11 Å². The Bertz CT molecular complexity index is 472. The first-order valence-electron chi connectivity index (χ1n) is 5.01. The van der Waals surface area contributed by atoms with Crippen molar-refractivity contribution in [2.24, 2.45) is 0 Å². The zero-order valence-corrected chi connectivity index (χ0v) is 10.1. The molecule has 1 aromatic rings. The Labute approximate surface area is 99.8 Å². The second-order valence-corrected chi connectivity index (χ2v) is 4.83. The largest absolute Gasteiger partial charge is 0.480 e. The summed E-state index contributed by atoms with van der Waals surface area (Å²) in [5.74, 6) is -1.25.